The number of anilines is 3. The van der Waals surface area contributed by atoms with E-state index in [1.807, 2.05) is 33.2 Å². The molecule has 1 heterocycles. The van der Waals surface area contributed by atoms with Crippen molar-refractivity contribution < 1.29 is 22.6 Å². The lowest BCUT2D eigenvalue weighted by Gasteiger charge is -2.16. The largest absolute Gasteiger partial charge is 0.320 e. The molecule has 0 unspecified atom stereocenters. The minimum Gasteiger partial charge on any atom is -0.320 e. The molecule has 9 nitrogen and oxygen atoms in total. The van der Waals surface area contributed by atoms with Crippen LogP contribution in [-0.4, -0.2) is 26.6 Å². The number of sulfonamides is 1. The minimum absolute atomic E-state index is 0.0282. The molecular formula is C25H29ClN5O4S+. The summed E-state index contributed by atoms with van der Waals surface area (Å²) in [6.45, 7) is 6.09. The number of carbonyl (C=O) groups excluding carboxylic acids is 2. The summed E-state index contributed by atoms with van der Waals surface area (Å²) in [6.07, 6.45) is 4.54. The van der Waals surface area contributed by atoms with Crippen LogP contribution in [0, 0.1) is 20.8 Å². The van der Waals surface area contributed by atoms with Crippen molar-refractivity contribution in [3.8, 4) is 0 Å². The zero-order valence-electron chi connectivity index (χ0n) is 20.3. The lowest BCUT2D eigenvalue weighted by molar-refractivity contribution is -0.684. The number of nitrogens with one attached hydrogen (secondary N) is 4. The number of amides is 2. The number of pyridine rings is 1. The lowest BCUT2D eigenvalue weighted by atomic mass is 10.1. The van der Waals surface area contributed by atoms with Gasteiger partial charge in [-0.2, -0.15) is 4.57 Å². The van der Waals surface area contributed by atoms with Crippen LogP contribution in [0.5, 0.6) is 0 Å². The zero-order valence-corrected chi connectivity index (χ0v) is 21.8. The third-order valence-electron chi connectivity index (χ3n) is 5.68. The van der Waals surface area contributed by atoms with Gasteiger partial charge in [0.15, 0.2) is 12.4 Å². The molecular weight excluding hydrogens is 502 g/mol. The molecule has 0 saturated carbocycles. The highest BCUT2D eigenvalue weighted by Gasteiger charge is 2.22. The minimum atomic E-state index is -3.99. The second-order valence-electron chi connectivity index (χ2n) is 8.26. The molecule has 0 atom stereocenters. The number of nitrogens with zero attached hydrogens (tertiary/aromatic N) is 1. The maximum absolute atomic E-state index is 13.2. The summed E-state index contributed by atoms with van der Waals surface area (Å²) < 4.78 is 30.8. The number of halogens is 1. The van der Waals surface area contributed by atoms with Crippen LogP contribution in [0.1, 0.15) is 22.3 Å². The molecule has 3 aromatic rings. The van der Waals surface area contributed by atoms with Gasteiger partial charge in [0.1, 0.15) is 0 Å². The van der Waals surface area contributed by atoms with Crippen LogP contribution < -0.4 is 25.5 Å². The number of rotatable bonds is 11. The number of benzene rings is 2. The Morgan fingerprint density at radius 3 is 2.25 bits per heavy atom. The molecule has 0 spiro atoms. The molecule has 11 heteroatoms. The fourth-order valence-corrected chi connectivity index (χ4v) is 5.26. The van der Waals surface area contributed by atoms with Crippen LogP contribution in [0.3, 0.4) is 0 Å². The van der Waals surface area contributed by atoms with E-state index in [1.165, 1.54) is 11.6 Å². The molecule has 0 aliphatic carbocycles. The standard InChI is InChI=1S/C25H28ClN5O4S/c1-17-13-31(14-18(2)19(17)3)15-25(33)28-23-5-4-6-24(22(23)11-12-26)36(34,35)30-21-9-7-20(8-10-21)29-27-16-32/h4-10,13-14,16,29-30H,11-12,15H2,1-3H3,(H-,27,28,32,33)/p+1. The van der Waals surface area contributed by atoms with E-state index in [2.05, 4.69) is 20.9 Å². The highest BCUT2D eigenvalue weighted by atomic mass is 35.5. The number of hydrazine groups is 1. The van der Waals surface area contributed by atoms with E-state index < -0.39 is 10.0 Å². The van der Waals surface area contributed by atoms with Gasteiger partial charge in [-0.25, -0.2) is 8.42 Å². The van der Waals surface area contributed by atoms with E-state index in [0.29, 0.717) is 29.0 Å². The van der Waals surface area contributed by atoms with Gasteiger partial charge in [-0.15, -0.1) is 11.6 Å². The van der Waals surface area contributed by atoms with Crippen molar-refractivity contribution >= 4 is 51.0 Å². The van der Waals surface area contributed by atoms with Crippen molar-refractivity contribution in [3.05, 3.63) is 77.1 Å². The van der Waals surface area contributed by atoms with Gasteiger partial charge in [0.05, 0.1) is 10.6 Å². The molecule has 0 fully saturated rings. The van der Waals surface area contributed by atoms with E-state index in [4.69, 9.17) is 11.6 Å². The molecule has 1 aromatic heterocycles. The Hall–Kier alpha value is -3.63. The van der Waals surface area contributed by atoms with Crippen molar-refractivity contribution in [2.45, 2.75) is 38.6 Å². The number of aromatic nitrogens is 1. The first-order valence-corrected chi connectivity index (χ1v) is 13.2. The van der Waals surface area contributed by atoms with Gasteiger partial charge in [-0.05, 0) is 74.7 Å². The number of aryl methyl sites for hydroxylation is 2. The fraction of sp³-hybridized carbons (Fsp3) is 0.240. The van der Waals surface area contributed by atoms with Crippen molar-refractivity contribution in [2.24, 2.45) is 0 Å². The molecule has 0 radical (unpaired) electrons. The molecule has 190 valence electrons. The summed E-state index contributed by atoms with van der Waals surface area (Å²) in [7, 11) is -3.99. The third kappa shape index (κ3) is 6.73. The summed E-state index contributed by atoms with van der Waals surface area (Å²) in [6, 6.07) is 11.0. The van der Waals surface area contributed by atoms with Gasteiger partial charge in [-0.3, -0.25) is 25.2 Å². The summed E-state index contributed by atoms with van der Waals surface area (Å²) in [5, 5.41) is 2.85. The summed E-state index contributed by atoms with van der Waals surface area (Å²) in [5.41, 5.74) is 10.00. The average Bonchev–Trinajstić information content (AvgIpc) is 2.83. The second kappa shape index (κ2) is 11.9. The zero-order chi connectivity index (χ0) is 26.3. The maximum atomic E-state index is 13.2. The Balaban J connectivity index is 1.83. The Labute approximate surface area is 215 Å². The Bertz CT molecular complexity index is 1340. The molecule has 0 aliphatic heterocycles. The van der Waals surface area contributed by atoms with Crippen LogP contribution in [0.25, 0.3) is 0 Å². The van der Waals surface area contributed by atoms with E-state index >= 15 is 0 Å². The summed E-state index contributed by atoms with van der Waals surface area (Å²) in [5.74, 6) is -0.113. The van der Waals surface area contributed by atoms with Crippen LogP contribution in [0.4, 0.5) is 17.1 Å². The quantitative estimate of drug-likeness (QED) is 0.131. The van der Waals surface area contributed by atoms with Crippen LogP contribution in [0.15, 0.2) is 59.8 Å². The third-order valence-corrected chi connectivity index (χ3v) is 7.34. The SMILES string of the molecule is Cc1c[n+](CC(=O)Nc2cccc(S(=O)(=O)Nc3ccc(NNC=O)cc3)c2CCCl)cc(C)c1C. The highest BCUT2D eigenvalue weighted by Crippen LogP contribution is 2.27. The maximum Gasteiger partial charge on any atom is 0.290 e. The van der Waals surface area contributed by atoms with Crippen molar-refractivity contribution in [1.82, 2.24) is 5.43 Å². The first kappa shape index (κ1) is 27.0. The second-order valence-corrected chi connectivity index (χ2v) is 10.3. The van der Waals surface area contributed by atoms with E-state index in [0.717, 1.165) is 11.1 Å². The van der Waals surface area contributed by atoms with Crippen molar-refractivity contribution in [1.29, 1.82) is 0 Å². The first-order chi connectivity index (χ1) is 17.1. The van der Waals surface area contributed by atoms with Gasteiger partial charge in [0.25, 0.3) is 15.9 Å². The molecule has 2 aromatic carbocycles. The summed E-state index contributed by atoms with van der Waals surface area (Å²) in [4.78, 5) is 23.3. The molecule has 4 N–H and O–H groups in total. The van der Waals surface area contributed by atoms with E-state index in [1.54, 1.807) is 41.0 Å². The smallest absolute Gasteiger partial charge is 0.290 e. The first-order valence-electron chi connectivity index (χ1n) is 11.2. The Morgan fingerprint density at radius 2 is 1.64 bits per heavy atom. The fourth-order valence-electron chi connectivity index (χ4n) is 3.72. The predicted octanol–water partition coefficient (Wildman–Crippen LogP) is 3.19. The number of alkyl halides is 1. The molecule has 2 amide bonds. The van der Waals surface area contributed by atoms with Crippen LogP contribution >= 0.6 is 11.6 Å². The molecule has 0 saturated heterocycles. The van der Waals surface area contributed by atoms with Gasteiger partial charge in [-0.1, -0.05) is 6.07 Å². The van der Waals surface area contributed by atoms with E-state index in [9.17, 15) is 18.0 Å². The van der Waals surface area contributed by atoms with Crippen molar-refractivity contribution in [2.75, 3.05) is 21.3 Å². The van der Waals surface area contributed by atoms with Crippen LogP contribution in [0.2, 0.25) is 0 Å². The van der Waals surface area contributed by atoms with Crippen LogP contribution in [-0.2, 0) is 32.6 Å². The van der Waals surface area contributed by atoms with Gasteiger partial charge < -0.3 is 5.32 Å². The van der Waals surface area contributed by atoms with Gasteiger partial charge in [0, 0.05) is 28.4 Å². The Morgan fingerprint density at radius 1 is 1.00 bits per heavy atom. The lowest BCUT2D eigenvalue weighted by Crippen LogP contribution is -2.40. The topological polar surface area (TPSA) is 120 Å². The predicted molar refractivity (Wildman–Crippen MR) is 140 cm³/mol. The number of hydrogen-bond acceptors (Lipinski definition) is 5. The Kier molecular flexibility index (Phi) is 8.89. The van der Waals surface area contributed by atoms with E-state index in [-0.39, 0.29) is 29.6 Å². The number of carbonyl (C=O) groups is 2. The molecule has 36 heavy (non-hydrogen) atoms. The normalized spacial score (nSPS) is 11.0. The molecule has 0 aliphatic rings. The van der Waals surface area contributed by atoms with Gasteiger partial charge >= 0.3 is 0 Å². The van der Waals surface area contributed by atoms with Crippen molar-refractivity contribution in [3.63, 3.8) is 0 Å². The number of hydrogen-bond donors (Lipinski definition) is 4. The molecule has 3 rings (SSSR count). The van der Waals surface area contributed by atoms with Gasteiger partial charge in [0.2, 0.25) is 13.0 Å². The highest BCUT2D eigenvalue weighted by molar-refractivity contribution is 7.92. The molecule has 0 bridgehead atoms. The monoisotopic (exact) mass is 530 g/mol. The summed E-state index contributed by atoms with van der Waals surface area (Å²) >= 11 is 6.00. The average molecular weight is 531 g/mol.